The molecule has 1 fully saturated rings. The molecule has 2 nitrogen and oxygen atoms in total. The molecule has 18 heavy (non-hydrogen) atoms. The molecule has 3 atom stereocenters. The summed E-state index contributed by atoms with van der Waals surface area (Å²) in [5.41, 5.74) is 0.232. The van der Waals surface area contributed by atoms with Gasteiger partial charge in [-0.15, -0.1) is 0 Å². The Bertz CT molecular complexity index is 392. The minimum Gasteiger partial charge on any atom is -0.490 e. The summed E-state index contributed by atoms with van der Waals surface area (Å²) < 4.78 is 6.09. The van der Waals surface area contributed by atoms with Crippen molar-refractivity contribution in [1.29, 1.82) is 0 Å². The van der Waals surface area contributed by atoms with Gasteiger partial charge in [0.05, 0.1) is 0 Å². The van der Waals surface area contributed by atoms with E-state index < -0.39 is 0 Å². The van der Waals surface area contributed by atoms with Crippen molar-refractivity contribution < 1.29 is 4.74 Å². The van der Waals surface area contributed by atoms with E-state index in [9.17, 15) is 0 Å². The molecule has 1 aliphatic carbocycles. The van der Waals surface area contributed by atoms with Crippen LogP contribution in [0, 0.1) is 5.41 Å². The van der Waals surface area contributed by atoms with Crippen molar-refractivity contribution in [2.45, 2.75) is 45.8 Å². The molecular formula is C15H22ClNO. The molecule has 1 aromatic carbocycles. The highest BCUT2D eigenvalue weighted by molar-refractivity contribution is 6.30. The monoisotopic (exact) mass is 267 g/mol. The Hall–Kier alpha value is -0.730. The Balaban J connectivity index is 2.00. The first-order valence-electron chi connectivity index (χ1n) is 6.75. The van der Waals surface area contributed by atoms with E-state index in [0.717, 1.165) is 30.2 Å². The van der Waals surface area contributed by atoms with Gasteiger partial charge >= 0.3 is 0 Å². The predicted molar refractivity (Wildman–Crippen MR) is 76.3 cm³/mol. The van der Waals surface area contributed by atoms with Crippen LogP contribution >= 0.6 is 11.6 Å². The van der Waals surface area contributed by atoms with Crippen LogP contribution in [0.4, 0.5) is 0 Å². The summed E-state index contributed by atoms with van der Waals surface area (Å²) in [6.07, 6.45) is 2.51. The fraction of sp³-hybridized carbons (Fsp3) is 0.600. The molecule has 0 saturated heterocycles. The highest BCUT2D eigenvalue weighted by Crippen LogP contribution is 2.46. The summed E-state index contributed by atoms with van der Waals surface area (Å²) in [6, 6.07) is 8.21. The molecule has 1 saturated carbocycles. The molecule has 0 spiro atoms. The molecule has 1 aliphatic rings. The van der Waals surface area contributed by atoms with Crippen molar-refractivity contribution in [1.82, 2.24) is 5.32 Å². The summed E-state index contributed by atoms with van der Waals surface area (Å²) in [5.74, 6) is 0.916. The third-order valence-electron chi connectivity index (χ3n) is 4.29. The van der Waals surface area contributed by atoms with Gasteiger partial charge in [0.15, 0.2) is 0 Å². The average Bonchev–Trinajstić information content (AvgIpc) is 2.39. The second-order valence-electron chi connectivity index (χ2n) is 5.27. The van der Waals surface area contributed by atoms with Crippen LogP contribution in [0.5, 0.6) is 5.75 Å². The number of ether oxygens (including phenoxy) is 1. The molecule has 1 aromatic rings. The third kappa shape index (κ3) is 2.50. The summed E-state index contributed by atoms with van der Waals surface area (Å²) in [4.78, 5) is 0. The van der Waals surface area contributed by atoms with Crippen LogP contribution < -0.4 is 10.1 Å². The molecule has 2 rings (SSSR count). The molecule has 0 bridgehead atoms. The zero-order chi connectivity index (χ0) is 13.2. The summed E-state index contributed by atoms with van der Waals surface area (Å²) in [6.45, 7) is 7.73. The average molecular weight is 268 g/mol. The predicted octanol–water partition coefficient (Wildman–Crippen LogP) is 3.89. The lowest BCUT2D eigenvalue weighted by Crippen LogP contribution is -2.63. The Kier molecular flexibility index (Phi) is 4.18. The number of nitrogens with one attached hydrogen (secondary N) is 1. The van der Waals surface area contributed by atoms with Gasteiger partial charge in [0.1, 0.15) is 11.9 Å². The zero-order valence-electron chi connectivity index (χ0n) is 11.4. The maximum atomic E-state index is 6.09. The van der Waals surface area contributed by atoms with E-state index >= 15 is 0 Å². The van der Waals surface area contributed by atoms with E-state index in [0.29, 0.717) is 12.1 Å². The Morgan fingerprint density at radius 2 is 2.00 bits per heavy atom. The first kappa shape index (κ1) is 13.7. The van der Waals surface area contributed by atoms with Gasteiger partial charge in [0, 0.05) is 22.9 Å². The van der Waals surface area contributed by atoms with Crippen molar-refractivity contribution in [3.8, 4) is 5.75 Å². The van der Waals surface area contributed by atoms with Gasteiger partial charge in [-0.25, -0.2) is 0 Å². The normalized spacial score (nSPS) is 30.9. The third-order valence-corrected chi connectivity index (χ3v) is 4.54. The lowest BCUT2D eigenvalue weighted by molar-refractivity contribution is -0.0696. The van der Waals surface area contributed by atoms with E-state index in [4.69, 9.17) is 16.3 Å². The molecule has 0 aromatic heterocycles. The van der Waals surface area contributed by atoms with Crippen LogP contribution in [0.3, 0.4) is 0 Å². The molecule has 1 N–H and O–H groups in total. The molecule has 100 valence electrons. The van der Waals surface area contributed by atoms with Gasteiger partial charge in [-0.2, -0.15) is 0 Å². The minimum atomic E-state index is 0.232. The van der Waals surface area contributed by atoms with Crippen molar-refractivity contribution in [3.63, 3.8) is 0 Å². The molecule has 0 radical (unpaired) electrons. The Labute approximate surface area is 115 Å². The first-order chi connectivity index (χ1) is 8.60. The number of rotatable bonds is 5. The molecule has 0 aliphatic heterocycles. The number of hydrogen-bond acceptors (Lipinski definition) is 2. The van der Waals surface area contributed by atoms with Crippen molar-refractivity contribution >= 4 is 11.6 Å². The van der Waals surface area contributed by atoms with Gasteiger partial charge in [-0.1, -0.05) is 32.4 Å². The summed E-state index contributed by atoms with van der Waals surface area (Å²) in [5, 5.41) is 4.30. The van der Waals surface area contributed by atoms with Crippen LogP contribution in [0.15, 0.2) is 24.3 Å². The first-order valence-corrected chi connectivity index (χ1v) is 7.13. The highest BCUT2D eigenvalue weighted by Gasteiger charge is 2.51. The van der Waals surface area contributed by atoms with E-state index in [2.05, 4.69) is 26.1 Å². The highest BCUT2D eigenvalue weighted by atomic mass is 35.5. The lowest BCUT2D eigenvalue weighted by Gasteiger charge is -2.53. The van der Waals surface area contributed by atoms with Crippen molar-refractivity contribution in [2.75, 3.05) is 6.54 Å². The summed E-state index contributed by atoms with van der Waals surface area (Å²) in [7, 11) is 0. The Morgan fingerprint density at radius 3 is 2.56 bits per heavy atom. The minimum absolute atomic E-state index is 0.232. The summed E-state index contributed by atoms with van der Waals surface area (Å²) >= 11 is 5.88. The van der Waals surface area contributed by atoms with Gasteiger partial charge in [-0.05, 0) is 37.2 Å². The van der Waals surface area contributed by atoms with Crippen LogP contribution in [0.2, 0.25) is 5.02 Å². The van der Waals surface area contributed by atoms with Crippen molar-refractivity contribution in [2.24, 2.45) is 5.41 Å². The number of hydrogen-bond donors (Lipinski definition) is 1. The molecule has 0 heterocycles. The second kappa shape index (κ2) is 5.50. The fourth-order valence-corrected chi connectivity index (χ4v) is 2.84. The smallest absolute Gasteiger partial charge is 0.119 e. The maximum absolute atomic E-state index is 6.09. The van der Waals surface area contributed by atoms with Gasteiger partial charge in [0.2, 0.25) is 0 Å². The lowest BCUT2D eigenvalue weighted by atomic mass is 9.61. The Morgan fingerprint density at radius 1 is 1.33 bits per heavy atom. The largest absolute Gasteiger partial charge is 0.490 e. The van der Waals surface area contributed by atoms with E-state index in [-0.39, 0.29) is 5.41 Å². The van der Waals surface area contributed by atoms with Crippen molar-refractivity contribution in [3.05, 3.63) is 29.3 Å². The molecule has 3 unspecified atom stereocenters. The quantitative estimate of drug-likeness (QED) is 0.874. The van der Waals surface area contributed by atoms with Crippen LogP contribution in [-0.2, 0) is 0 Å². The van der Waals surface area contributed by atoms with Crippen LogP contribution in [0.1, 0.15) is 33.6 Å². The van der Waals surface area contributed by atoms with Gasteiger partial charge in [-0.3, -0.25) is 0 Å². The molecular weight excluding hydrogens is 246 g/mol. The van der Waals surface area contributed by atoms with E-state index in [1.807, 2.05) is 24.3 Å². The zero-order valence-corrected chi connectivity index (χ0v) is 12.1. The fourth-order valence-electron chi connectivity index (χ4n) is 2.71. The SMILES string of the molecule is CCNC1CC(Oc2ccc(Cl)cc2)C1(C)CC. The topological polar surface area (TPSA) is 21.3 Å². The van der Waals surface area contributed by atoms with Crippen LogP contribution in [-0.4, -0.2) is 18.7 Å². The molecule has 0 amide bonds. The number of halogens is 1. The van der Waals surface area contributed by atoms with Gasteiger partial charge in [0.25, 0.3) is 0 Å². The second-order valence-corrected chi connectivity index (χ2v) is 5.70. The van der Waals surface area contributed by atoms with E-state index in [1.54, 1.807) is 0 Å². The standard InChI is InChI=1S/C15H22ClNO/c1-4-15(3)13(17-5-2)10-14(15)18-12-8-6-11(16)7-9-12/h6-9,13-14,17H,4-5,10H2,1-3H3. The van der Waals surface area contributed by atoms with E-state index in [1.165, 1.54) is 0 Å². The molecule has 3 heteroatoms. The van der Waals surface area contributed by atoms with Gasteiger partial charge < -0.3 is 10.1 Å². The van der Waals surface area contributed by atoms with Crippen LogP contribution in [0.25, 0.3) is 0 Å². The number of benzene rings is 1. The maximum Gasteiger partial charge on any atom is 0.119 e.